The summed E-state index contributed by atoms with van der Waals surface area (Å²) in [5, 5.41) is 13.2. The average molecular weight is 611 g/mol. The van der Waals surface area contributed by atoms with Crippen LogP contribution in [0.1, 0.15) is 25.5 Å². The zero-order valence-corrected chi connectivity index (χ0v) is 22.0. The number of amides is 1. The molecule has 0 saturated carbocycles. The van der Waals surface area contributed by atoms with E-state index in [1.807, 2.05) is 4.98 Å². The Balaban J connectivity index is 2.21. The quantitative estimate of drug-likeness (QED) is 0.0751. The van der Waals surface area contributed by atoms with Gasteiger partial charge in [0, 0.05) is 12.3 Å². The summed E-state index contributed by atoms with van der Waals surface area (Å²) in [6, 6.07) is -1.54. The third-order valence-corrected chi connectivity index (χ3v) is 8.73. The molecule has 0 aliphatic carbocycles. The van der Waals surface area contributed by atoms with Crippen LogP contribution in [0.25, 0.3) is 0 Å². The topological polar surface area (TPSA) is 325 Å². The molecule has 1 amide bonds. The lowest BCUT2D eigenvalue weighted by Crippen LogP contribution is -2.52. The van der Waals surface area contributed by atoms with Crippen LogP contribution in [-0.2, 0) is 36.4 Å². The molecule has 0 bridgehead atoms. The normalized spacial score (nSPS) is 25.9. The van der Waals surface area contributed by atoms with Crippen LogP contribution in [0.2, 0.25) is 0 Å². The van der Waals surface area contributed by atoms with Crippen LogP contribution in [0.4, 0.5) is 0 Å². The third-order valence-electron chi connectivity index (χ3n) is 4.93. The van der Waals surface area contributed by atoms with Crippen molar-refractivity contribution in [1.82, 2.24) is 14.9 Å². The number of H-pyrrole nitrogens is 1. The first-order valence-corrected chi connectivity index (χ1v) is 15.2. The maximum atomic E-state index is 12.6. The van der Waals surface area contributed by atoms with Crippen LogP contribution < -0.4 is 28.0 Å². The van der Waals surface area contributed by atoms with Crippen molar-refractivity contribution >= 4 is 29.4 Å². The molecule has 23 heteroatoms. The number of phosphoric acid groups is 3. The van der Waals surface area contributed by atoms with Gasteiger partial charge in [-0.2, -0.15) is 8.62 Å². The zero-order chi connectivity index (χ0) is 28.9. The number of unbranched alkanes of at least 4 members (excludes halogenated alkanes) is 1. The van der Waals surface area contributed by atoms with E-state index in [4.69, 9.17) is 26.0 Å². The number of nitrogens with one attached hydrogen (secondary N) is 2. The van der Waals surface area contributed by atoms with Gasteiger partial charge in [-0.1, -0.05) is 6.42 Å². The van der Waals surface area contributed by atoms with Gasteiger partial charge in [0.1, 0.15) is 18.2 Å². The highest BCUT2D eigenvalue weighted by Crippen LogP contribution is 2.66. The fourth-order valence-electron chi connectivity index (χ4n) is 3.29. The number of aliphatic hydroxyl groups is 1. The fourth-order valence-corrected chi connectivity index (χ4v) is 6.32. The summed E-state index contributed by atoms with van der Waals surface area (Å²) in [5.74, 6) is -0.759. The monoisotopic (exact) mass is 611 g/mol. The number of carbonyl (C=O) groups excluding carboxylic acids is 1. The summed E-state index contributed by atoms with van der Waals surface area (Å²) >= 11 is 0. The number of phosphoric ester groups is 1. The molecule has 7 atom stereocenters. The number of hydrogen-bond donors (Lipinski definition) is 9. The van der Waals surface area contributed by atoms with Gasteiger partial charge in [-0.25, -0.2) is 18.5 Å². The van der Waals surface area contributed by atoms with Gasteiger partial charge < -0.3 is 46.2 Å². The number of ether oxygens (including phenoxy) is 1. The second-order valence-corrected chi connectivity index (χ2v) is 12.3. The van der Waals surface area contributed by atoms with Crippen molar-refractivity contribution in [2.24, 2.45) is 11.5 Å². The van der Waals surface area contributed by atoms with Crippen LogP contribution in [0, 0.1) is 0 Å². The van der Waals surface area contributed by atoms with Crippen LogP contribution in [-0.4, -0.2) is 77.6 Å². The maximum Gasteiger partial charge on any atom is 0.490 e. The van der Waals surface area contributed by atoms with E-state index < -0.39 is 77.8 Å². The molecule has 1 aromatic heterocycles. The lowest BCUT2D eigenvalue weighted by molar-refractivity contribution is -0.124. The smallest absolute Gasteiger partial charge is 0.388 e. The second-order valence-electron chi connectivity index (χ2n) is 7.89. The van der Waals surface area contributed by atoms with E-state index in [2.05, 4.69) is 18.5 Å². The van der Waals surface area contributed by atoms with Gasteiger partial charge in [0.25, 0.3) is 5.56 Å². The number of nitrogens with two attached hydrogens (primary N) is 2. The SMILES string of the molecule is NCCCC[C@H](N)C(=O)N[C@@H]1[C@H](O)[C@@H](COP(=O)(O)OP(=O)(O)OP(=O)(O)O)O[C@H]1n1ccc(=O)[nH]c1=O. The van der Waals surface area contributed by atoms with Crippen LogP contribution in [0.3, 0.4) is 0 Å². The molecular weight excluding hydrogens is 583 g/mol. The number of rotatable bonds is 14. The molecule has 11 N–H and O–H groups in total. The van der Waals surface area contributed by atoms with Gasteiger partial charge in [0.15, 0.2) is 6.23 Å². The number of nitrogens with zero attached hydrogens (tertiary/aromatic N) is 1. The Morgan fingerprint density at radius 1 is 1.16 bits per heavy atom. The maximum absolute atomic E-state index is 12.6. The molecule has 0 radical (unpaired) electrons. The summed E-state index contributed by atoms with van der Waals surface area (Å²) in [6.07, 6.45) is -2.55. The first kappa shape index (κ1) is 32.6. The minimum Gasteiger partial charge on any atom is -0.388 e. The molecule has 1 aromatic rings. The van der Waals surface area contributed by atoms with Crippen molar-refractivity contribution in [2.45, 2.75) is 49.8 Å². The largest absolute Gasteiger partial charge is 0.490 e. The standard InChI is InChI=1S/C15H28N5O15P3/c16-5-2-1-3-8(17)13(23)19-11-12(22)9(33-14(11)20-6-4-10(21)18-15(20)24)7-32-37(28,29)35-38(30,31)34-36(25,26)27/h4,6,8-9,11-12,14,22H,1-3,5,7,16-17H2,(H,19,23)(H,28,29)(H,30,31)(H,18,21,24)(H2,25,26,27)/t8-,9+,11+,12+,14+/m0/s1. The second kappa shape index (κ2) is 13.2. The summed E-state index contributed by atoms with van der Waals surface area (Å²) in [6.45, 7) is -0.702. The molecule has 218 valence electrons. The van der Waals surface area contributed by atoms with E-state index in [0.717, 1.165) is 16.8 Å². The number of aromatic amines is 1. The molecule has 1 aliphatic rings. The summed E-state index contributed by atoms with van der Waals surface area (Å²) in [5.41, 5.74) is 9.48. The van der Waals surface area contributed by atoms with Gasteiger partial charge in [0.2, 0.25) is 5.91 Å². The molecule has 1 aliphatic heterocycles. The van der Waals surface area contributed by atoms with Crippen molar-refractivity contribution in [3.63, 3.8) is 0 Å². The van der Waals surface area contributed by atoms with E-state index in [1.54, 1.807) is 0 Å². The first-order chi connectivity index (χ1) is 17.4. The highest BCUT2D eigenvalue weighted by molar-refractivity contribution is 7.66. The Hall–Kier alpha value is -1.60. The molecule has 1 fully saturated rings. The number of aromatic nitrogens is 2. The van der Waals surface area contributed by atoms with Crippen LogP contribution in [0.15, 0.2) is 21.9 Å². The van der Waals surface area contributed by atoms with E-state index in [9.17, 15) is 43.0 Å². The van der Waals surface area contributed by atoms with Gasteiger partial charge in [-0.05, 0) is 19.4 Å². The van der Waals surface area contributed by atoms with E-state index in [0.29, 0.717) is 19.4 Å². The molecule has 2 rings (SSSR count). The van der Waals surface area contributed by atoms with Crippen molar-refractivity contribution in [3.8, 4) is 0 Å². The lowest BCUT2D eigenvalue weighted by Gasteiger charge is -2.24. The lowest BCUT2D eigenvalue weighted by atomic mass is 10.1. The summed E-state index contributed by atoms with van der Waals surface area (Å²) < 4.78 is 52.2. The third kappa shape index (κ3) is 9.86. The molecule has 2 heterocycles. The molecule has 0 aromatic carbocycles. The Kier molecular flexibility index (Phi) is 11.3. The van der Waals surface area contributed by atoms with Crippen LogP contribution in [0.5, 0.6) is 0 Å². The Morgan fingerprint density at radius 2 is 1.82 bits per heavy atom. The number of carbonyl (C=O) groups is 1. The predicted octanol–water partition coefficient (Wildman–Crippen LogP) is -2.92. The molecule has 38 heavy (non-hydrogen) atoms. The average Bonchev–Trinajstić information content (AvgIpc) is 3.05. The van der Waals surface area contributed by atoms with Gasteiger partial charge >= 0.3 is 29.2 Å². The molecular formula is C15H28N5O15P3. The van der Waals surface area contributed by atoms with E-state index in [1.165, 1.54) is 0 Å². The van der Waals surface area contributed by atoms with Crippen LogP contribution >= 0.6 is 23.5 Å². The van der Waals surface area contributed by atoms with Gasteiger partial charge in [-0.3, -0.25) is 23.7 Å². The van der Waals surface area contributed by atoms with E-state index in [-0.39, 0.29) is 6.42 Å². The highest BCUT2D eigenvalue weighted by Gasteiger charge is 2.48. The molecule has 1 saturated heterocycles. The zero-order valence-electron chi connectivity index (χ0n) is 19.3. The number of hydrogen-bond acceptors (Lipinski definition) is 13. The fraction of sp³-hybridized carbons (Fsp3) is 0.667. The molecule has 0 spiro atoms. The van der Waals surface area contributed by atoms with Crippen molar-refractivity contribution in [3.05, 3.63) is 33.1 Å². The minimum absolute atomic E-state index is 0.228. The van der Waals surface area contributed by atoms with Crippen molar-refractivity contribution in [1.29, 1.82) is 0 Å². The molecule has 2 unspecified atom stereocenters. The Bertz CT molecular complexity index is 1230. The van der Waals surface area contributed by atoms with Crippen molar-refractivity contribution < 1.29 is 61.1 Å². The Labute approximate surface area is 213 Å². The minimum atomic E-state index is -5.80. The Morgan fingerprint density at radius 3 is 2.39 bits per heavy atom. The summed E-state index contributed by atoms with van der Waals surface area (Å²) in [7, 11) is -17.0. The summed E-state index contributed by atoms with van der Waals surface area (Å²) in [4.78, 5) is 74.3. The van der Waals surface area contributed by atoms with Crippen molar-refractivity contribution in [2.75, 3.05) is 13.2 Å². The first-order valence-electron chi connectivity index (χ1n) is 10.6. The number of aliphatic hydroxyl groups excluding tert-OH is 1. The highest BCUT2D eigenvalue weighted by atomic mass is 31.3. The van der Waals surface area contributed by atoms with E-state index >= 15 is 0 Å². The molecule has 20 nitrogen and oxygen atoms in total. The van der Waals surface area contributed by atoms with Gasteiger partial charge in [-0.15, -0.1) is 0 Å². The van der Waals surface area contributed by atoms with Gasteiger partial charge in [0.05, 0.1) is 12.6 Å². The predicted molar refractivity (Wildman–Crippen MR) is 124 cm³/mol.